The van der Waals surface area contributed by atoms with Crippen LogP contribution in [0.3, 0.4) is 0 Å². The van der Waals surface area contributed by atoms with Crippen molar-refractivity contribution in [3.05, 3.63) is 36.0 Å². The first-order valence-electron chi connectivity index (χ1n) is 12.6. The normalized spacial score (nSPS) is 36.1. The largest absolute Gasteiger partial charge is 0.387 e. The summed E-state index contributed by atoms with van der Waals surface area (Å²) in [5.74, 6) is -0.147. The third-order valence-corrected chi connectivity index (χ3v) is 6.87. The first-order valence-corrected chi connectivity index (χ1v) is 12.6. The average Bonchev–Trinajstić information content (AvgIpc) is 3.57. The summed E-state index contributed by atoms with van der Waals surface area (Å²) < 4.78 is 28.1. The predicted molar refractivity (Wildman–Crippen MR) is 133 cm³/mol. The Morgan fingerprint density at radius 1 is 1.29 bits per heavy atom. The molecule has 0 saturated carbocycles. The monoisotopic (exact) mass is 493 g/mol. The minimum Gasteiger partial charge on any atom is -0.387 e. The summed E-state index contributed by atoms with van der Waals surface area (Å²) in [6.45, 7) is 10.8. The van der Waals surface area contributed by atoms with E-state index in [1.807, 2.05) is 46.8 Å². The number of hydrogen-bond donors (Lipinski definition) is 2. The molecule has 0 bridgehead atoms. The molecule has 1 spiro atoms. The van der Waals surface area contributed by atoms with Crippen molar-refractivity contribution >= 4 is 5.91 Å². The maximum atomic E-state index is 12.2. The minimum atomic E-state index is -0.648. The number of nitrogens with one attached hydrogen (secondary N) is 1. The molecule has 3 aliphatic rings. The Morgan fingerprint density at radius 3 is 2.69 bits per heavy atom. The highest BCUT2D eigenvalue weighted by atomic mass is 16.7. The zero-order valence-corrected chi connectivity index (χ0v) is 22.0. The molecule has 3 fully saturated rings. The lowest BCUT2D eigenvalue weighted by molar-refractivity contribution is -0.171. The number of ether oxygens (including phenoxy) is 5. The lowest BCUT2D eigenvalue weighted by Crippen LogP contribution is -2.53. The Balaban J connectivity index is 1.43. The first kappa shape index (κ1) is 28.0. The molecule has 0 radical (unpaired) electrons. The number of epoxide rings is 1. The van der Waals surface area contributed by atoms with Gasteiger partial charge in [-0.25, -0.2) is 0 Å². The fourth-order valence-corrected chi connectivity index (χ4v) is 4.86. The van der Waals surface area contributed by atoms with E-state index in [9.17, 15) is 9.90 Å². The van der Waals surface area contributed by atoms with Crippen molar-refractivity contribution in [1.82, 2.24) is 5.32 Å². The quantitative estimate of drug-likeness (QED) is 0.209. The fraction of sp³-hybridized carbons (Fsp3) is 0.741. The van der Waals surface area contributed by atoms with Gasteiger partial charge in [0.25, 0.3) is 0 Å². The van der Waals surface area contributed by atoms with E-state index in [-0.39, 0.29) is 48.8 Å². The van der Waals surface area contributed by atoms with E-state index in [0.717, 1.165) is 24.8 Å². The topological polar surface area (TPSA) is 98.8 Å². The molecule has 3 heterocycles. The molecule has 35 heavy (non-hydrogen) atoms. The molecule has 1 amide bonds. The third-order valence-electron chi connectivity index (χ3n) is 6.87. The number of carbonyl (C=O) groups is 1. The van der Waals surface area contributed by atoms with Gasteiger partial charge in [-0.1, -0.05) is 29.9 Å². The number of methoxy groups -OCH3 is 1. The molecule has 8 nitrogen and oxygen atoms in total. The molecule has 0 unspecified atom stereocenters. The summed E-state index contributed by atoms with van der Waals surface area (Å²) in [6.07, 6.45) is 11.4. The second kappa shape index (κ2) is 12.1. The van der Waals surface area contributed by atoms with Gasteiger partial charge in [0.2, 0.25) is 5.91 Å². The van der Waals surface area contributed by atoms with Gasteiger partial charge in [-0.2, -0.15) is 0 Å². The molecule has 3 saturated heterocycles. The van der Waals surface area contributed by atoms with Crippen LogP contribution in [-0.2, 0) is 28.5 Å². The van der Waals surface area contributed by atoms with E-state index in [0.29, 0.717) is 13.0 Å². The van der Waals surface area contributed by atoms with Crippen LogP contribution in [0.2, 0.25) is 0 Å². The van der Waals surface area contributed by atoms with Crippen molar-refractivity contribution in [2.24, 2.45) is 0 Å². The van der Waals surface area contributed by atoms with Gasteiger partial charge in [0.15, 0.2) is 0 Å². The van der Waals surface area contributed by atoms with Crippen molar-refractivity contribution < 1.29 is 33.6 Å². The Kier molecular flexibility index (Phi) is 9.71. The summed E-state index contributed by atoms with van der Waals surface area (Å²) in [5.41, 5.74) is 0.321. The van der Waals surface area contributed by atoms with Crippen LogP contribution >= 0.6 is 0 Å². The Labute approximate surface area is 209 Å². The van der Waals surface area contributed by atoms with Gasteiger partial charge < -0.3 is 34.1 Å². The van der Waals surface area contributed by atoms with Crippen LogP contribution in [0.4, 0.5) is 0 Å². The highest BCUT2D eigenvalue weighted by Crippen LogP contribution is 2.46. The summed E-state index contributed by atoms with van der Waals surface area (Å²) in [5, 5.41) is 13.7. The van der Waals surface area contributed by atoms with Gasteiger partial charge in [-0.05, 0) is 53.9 Å². The van der Waals surface area contributed by atoms with Crippen LogP contribution in [0.15, 0.2) is 36.0 Å². The summed E-state index contributed by atoms with van der Waals surface area (Å²) >= 11 is 0. The van der Waals surface area contributed by atoms with Gasteiger partial charge in [0.05, 0.1) is 36.6 Å². The average molecular weight is 494 g/mol. The number of aliphatic hydroxyl groups excluding tert-OH is 1. The SMILES string of the molecule is COCO[C@@H](C)/C=C\C(=O)N[C@@H]1CC[C@H](C/C=C(C)/C=C/[C@H]2OC(C)(C)C[C@@]3(CO3)[C@@H]2O)O[C@@H]1C. The van der Waals surface area contributed by atoms with Gasteiger partial charge in [-0.15, -0.1) is 0 Å². The van der Waals surface area contributed by atoms with Gasteiger partial charge in [0.1, 0.15) is 24.6 Å². The molecular formula is C27H43NO7. The smallest absolute Gasteiger partial charge is 0.244 e. The predicted octanol–water partition coefficient (Wildman–Crippen LogP) is 3.19. The van der Waals surface area contributed by atoms with Gasteiger partial charge >= 0.3 is 0 Å². The summed E-state index contributed by atoms with van der Waals surface area (Å²) in [7, 11) is 1.56. The number of carbonyl (C=O) groups excluding carboxylic acids is 1. The van der Waals surface area contributed by atoms with Crippen molar-refractivity contribution in [2.75, 3.05) is 20.5 Å². The van der Waals surface area contributed by atoms with Gasteiger partial charge in [0, 0.05) is 19.6 Å². The Morgan fingerprint density at radius 2 is 2.03 bits per heavy atom. The Bertz CT molecular complexity index is 801. The molecule has 198 valence electrons. The Hall–Kier alpha value is -1.55. The molecule has 3 rings (SSSR count). The zero-order valence-electron chi connectivity index (χ0n) is 22.0. The van der Waals surface area contributed by atoms with Crippen molar-refractivity contribution in [2.45, 2.75) is 108 Å². The van der Waals surface area contributed by atoms with Crippen LogP contribution < -0.4 is 5.32 Å². The molecule has 7 atom stereocenters. The highest BCUT2D eigenvalue weighted by molar-refractivity contribution is 5.87. The van der Waals surface area contributed by atoms with Crippen LogP contribution in [0, 0.1) is 0 Å². The molecular weight excluding hydrogens is 450 g/mol. The molecule has 2 N–H and O–H groups in total. The molecule has 0 aromatic rings. The number of hydrogen-bond acceptors (Lipinski definition) is 7. The molecule has 3 aliphatic heterocycles. The van der Waals surface area contributed by atoms with E-state index < -0.39 is 11.7 Å². The fourth-order valence-electron chi connectivity index (χ4n) is 4.86. The third kappa shape index (κ3) is 8.23. The van der Waals surface area contributed by atoms with E-state index in [2.05, 4.69) is 11.4 Å². The molecule has 0 aromatic carbocycles. The van der Waals surface area contributed by atoms with E-state index >= 15 is 0 Å². The lowest BCUT2D eigenvalue weighted by Gasteiger charge is -2.41. The minimum absolute atomic E-state index is 0.0196. The van der Waals surface area contributed by atoms with Crippen LogP contribution in [0.25, 0.3) is 0 Å². The van der Waals surface area contributed by atoms with Crippen molar-refractivity contribution in [1.29, 1.82) is 0 Å². The number of amides is 1. The highest BCUT2D eigenvalue weighted by Gasteiger charge is 2.60. The van der Waals surface area contributed by atoms with E-state index in [1.165, 1.54) is 6.08 Å². The number of aliphatic hydroxyl groups is 1. The second-order valence-electron chi connectivity index (χ2n) is 10.7. The van der Waals surface area contributed by atoms with E-state index in [4.69, 9.17) is 23.7 Å². The first-order chi connectivity index (χ1) is 16.5. The number of allylic oxidation sites excluding steroid dienone is 2. The molecule has 0 aromatic heterocycles. The van der Waals surface area contributed by atoms with Crippen LogP contribution in [-0.4, -0.2) is 79.3 Å². The van der Waals surface area contributed by atoms with Crippen LogP contribution in [0.1, 0.15) is 60.3 Å². The molecule has 0 aliphatic carbocycles. The summed E-state index contributed by atoms with van der Waals surface area (Å²) in [4.78, 5) is 12.2. The standard InChI is InChI=1S/C27H43NO7/c1-18(8-13-23-25(30)27(16-33-27)15-26(4,5)35-23)7-10-21-11-12-22(20(3)34-21)28-24(29)14-9-19(2)32-17-31-6/h7-9,13-14,19-23,25,30H,10-12,15-17H2,1-6H3,(H,28,29)/b13-8+,14-9-,18-7+/t19-,20+,21-,22+,23+,25+,27+/m0/s1. The zero-order chi connectivity index (χ0) is 25.6. The van der Waals surface area contributed by atoms with Crippen LogP contribution in [0.5, 0.6) is 0 Å². The molecule has 8 heteroatoms. The van der Waals surface area contributed by atoms with E-state index in [1.54, 1.807) is 13.2 Å². The maximum absolute atomic E-state index is 12.2. The van der Waals surface area contributed by atoms with Crippen molar-refractivity contribution in [3.63, 3.8) is 0 Å². The number of rotatable bonds is 10. The summed E-state index contributed by atoms with van der Waals surface area (Å²) in [6, 6.07) is -0.0196. The lowest BCUT2D eigenvalue weighted by atomic mass is 9.83. The maximum Gasteiger partial charge on any atom is 0.244 e. The second-order valence-corrected chi connectivity index (χ2v) is 10.7. The van der Waals surface area contributed by atoms with Crippen molar-refractivity contribution in [3.8, 4) is 0 Å². The van der Waals surface area contributed by atoms with Gasteiger partial charge in [-0.3, -0.25) is 4.79 Å².